The number of likely N-dealkylation sites (N-methyl/N-ethyl adjacent to an activating group) is 1. The van der Waals surface area contributed by atoms with Crippen molar-refractivity contribution in [3.63, 3.8) is 0 Å². The highest BCUT2D eigenvalue weighted by Crippen LogP contribution is 2.38. The Labute approximate surface area is 183 Å². The highest BCUT2D eigenvalue weighted by atomic mass is 79.9. The second-order valence-corrected chi connectivity index (χ2v) is 8.78. The second kappa shape index (κ2) is 7.34. The lowest BCUT2D eigenvalue weighted by molar-refractivity contribution is 0.0346. The number of ether oxygens (including phenoxy) is 2. The van der Waals surface area contributed by atoms with E-state index in [9.17, 15) is 4.79 Å². The van der Waals surface area contributed by atoms with E-state index < -0.39 is 0 Å². The van der Waals surface area contributed by atoms with Crippen LogP contribution >= 0.6 is 15.9 Å². The van der Waals surface area contributed by atoms with Gasteiger partial charge in [-0.1, -0.05) is 22.0 Å². The third-order valence-corrected chi connectivity index (χ3v) is 6.57. The number of carbonyl (C=O) groups is 1. The van der Waals surface area contributed by atoms with E-state index in [2.05, 4.69) is 33.0 Å². The Bertz CT molecular complexity index is 1180. The maximum absolute atomic E-state index is 13.4. The van der Waals surface area contributed by atoms with Crippen LogP contribution in [0, 0.1) is 0 Å². The van der Waals surface area contributed by atoms with Crippen LogP contribution in [0.15, 0.2) is 40.9 Å². The molecule has 6 nitrogen and oxygen atoms in total. The third kappa shape index (κ3) is 3.09. The highest BCUT2D eigenvalue weighted by Gasteiger charge is 2.29. The number of carbonyl (C=O) groups excluding carboxylic acids is 1. The topological polar surface area (TPSA) is 77.7 Å². The SMILES string of the molecule is C[C@H]1OCc2c1c(N)nc1ccc(C(=O)N(C)[C@H]3COCc4cc(Br)ccc43)cc21. The summed E-state index contributed by atoms with van der Waals surface area (Å²) in [5, 5.41) is 0.923. The Kier molecular flexibility index (Phi) is 4.76. The number of amides is 1. The summed E-state index contributed by atoms with van der Waals surface area (Å²) in [6, 6.07) is 11.6. The van der Waals surface area contributed by atoms with Gasteiger partial charge in [-0.25, -0.2) is 4.98 Å². The molecule has 0 radical (unpaired) electrons. The van der Waals surface area contributed by atoms with Crippen LogP contribution in [-0.2, 0) is 22.7 Å². The van der Waals surface area contributed by atoms with Crippen molar-refractivity contribution in [2.45, 2.75) is 32.3 Å². The zero-order chi connectivity index (χ0) is 21.0. The summed E-state index contributed by atoms with van der Waals surface area (Å²) in [7, 11) is 1.83. The molecule has 0 spiro atoms. The van der Waals surface area contributed by atoms with Gasteiger partial charge in [0.25, 0.3) is 5.91 Å². The van der Waals surface area contributed by atoms with E-state index in [1.165, 1.54) is 0 Å². The zero-order valence-corrected chi connectivity index (χ0v) is 18.4. The molecule has 7 heteroatoms. The number of hydrogen-bond donors (Lipinski definition) is 1. The lowest BCUT2D eigenvalue weighted by Crippen LogP contribution is -2.36. The van der Waals surface area contributed by atoms with Gasteiger partial charge in [0.05, 0.1) is 37.5 Å². The minimum atomic E-state index is -0.135. The lowest BCUT2D eigenvalue weighted by atomic mass is 9.97. The molecule has 2 aliphatic rings. The molecule has 0 unspecified atom stereocenters. The first-order valence-electron chi connectivity index (χ1n) is 9.91. The molecule has 5 rings (SSSR count). The fraction of sp³-hybridized carbons (Fsp3) is 0.304. The van der Waals surface area contributed by atoms with Gasteiger partial charge < -0.3 is 20.1 Å². The minimum Gasteiger partial charge on any atom is -0.383 e. The summed E-state index contributed by atoms with van der Waals surface area (Å²) in [6.45, 7) is 3.48. The maximum Gasteiger partial charge on any atom is 0.254 e. The molecule has 2 atom stereocenters. The predicted octanol–water partition coefficient (Wildman–Crippen LogP) is 4.51. The number of halogens is 1. The second-order valence-electron chi connectivity index (χ2n) is 7.86. The number of aromatic nitrogens is 1. The molecule has 2 N–H and O–H groups in total. The molecule has 154 valence electrons. The summed E-state index contributed by atoms with van der Waals surface area (Å²) >= 11 is 3.51. The summed E-state index contributed by atoms with van der Waals surface area (Å²) in [5.41, 5.74) is 11.7. The molecule has 1 aromatic heterocycles. The van der Waals surface area contributed by atoms with E-state index in [1.807, 2.05) is 38.2 Å². The zero-order valence-electron chi connectivity index (χ0n) is 16.8. The molecule has 3 heterocycles. The quantitative estimate of drug-likeness (QED) is 0.599. The average Bonchev–Trinajstić information content (AvgIpc) is 3.14. The number of nitrogens with two attached hydrogens (primary N) is 1. The van der Waals surface area contributed by atoms with Gasteiger partial charge >= 0.3 is 0 Å². The van der Waals surface area contributed by atoms with Crippen molar-refractivity contribution in [3.8, 4) is 0 Å². The van der Waals surface area contributed by atoms with Gasteiger partial charge in [0.1, 0.15) is 5.82 Å². The van der Waals surface area contributed by atoms with Crippen LogP contribution in [0.1, 0.15) is 51.7 Å². The molecule has 2 aliphatic heterocycles. The Morgan fingerprint density at radius 1 is 1.23 bits per heavy atom. The Hall–Kier alpha value is -2.48. The van der Waals surface area contributed by atoms with Gasteiger partial charge in [-0.3, -0.25) is 4.79 Å². The van der Waals surface area contributed by atoms with Gasteiger partial charge in [0, 0.05) is 28.0 Å². The average molecular weight is 468 g/mol. The number of nitrogens with zero attached hydrogens (tertiary/aromatic N) is 2. The highest BCUT2D eigenvalue weighted by molar-refractivity contribution is 9.10. The van der Waals surface area contributed by atoms with Crippen LogP contribution in [0.5, 0.6) is 0 Å². The number of hydrogen-bond acceptors (Lipinski definition) is 5. The fourth-order valence-corrected chi connectivity index (χ4v) is 4.87. The fourth-order valence-electron chi connectivity index (χ4n) is 4.46. The number of pyridine rings is 1. The van der Waals surface area contributed by atoms with Crippen molar-refractivity contribution in [2.75, 3.05) is 19.4 Å². The van der Waals surface area contributed by atoms with E-state index in [4.69, 9.17) is 15.2 Å². The van der Waals surface area contributed by atoms with Crippen LogP contribution in [0.2, 0.25) is 0 Å². The number of rotatable bonds is 2. The number of nitrogen functional groups attached to an aromatic ring is 1. The van der Waals surface area contributed by atoms with Crippen LogP contribution in [0.4, 0.5) is 5.82 Å². The van der Waals surface area contributed by atoms with Gasteiger partial charge in [-0.05, 0) is 53.9 Å². The summed E-state index contributed by atoms with van der Waals surface area (Å²) in [5.74, 6) is 0.444. The first kappa shape index (κ1) is 19.5. The summed E-state index contributed by atoms with van der Waals surface area (Å²) < 4.78 is 12.5. The maximum atomic E-state index is 13.4. The van der Waals surface area contributed by atoms with Crippen LogP contribution in [0.25, 0.3) is 10.9 Å². The lowest BCUT2D eigenvalue weighted by Gasteiger charge is -2.33. The van der Waals surface area contributed by atoms with Gasteiger partial charge in [0.2, 0.25) is 0 Å². The van der Waals surface area contributed by atoms with Crippen molar-refractivity contribution in [1.29, 1.82) is 0 Å². The smallest absolute Gasteiger partial charge is 0.254 e. The van der Waals surface area contributed by atoms with Crippen molar-refractivity contribution < 1.29 is 14.3 Å². The Morgan fingerprint density at radius 2 is 2.07 bits per heavy atom. The summed E-state index contributed by atoms with van der Waals surface area (Å²) in [6.07, 6.45) is -0.0888. The molecule has 3 aromatic rings. The molecular weight excluding hydrogens is 446 g/mol. The third-order valence-electron chi connectivity index (χ3n) is 6.08. The van der Waals surface area contributed by atoms with E-state index in [1.54, 1.807) is 4.90 Å². The monoisotopic (exact) mass is 467 g/mol. The molecule has 1 amide bonds. The standard InChI is InChI=1S/C23H22BrN3O3/c1-12-21-18(10-30-12)17-8-13(3-6-19(17)26-22(21)25)23(28)27(2)20-11-29-9-14-7-15(24)4-5-16(14)20/h3-8,12,20H,9-11H2,1-2H3,(H2,25,26)/t12-,20+/m1/s1. The van der Waals surface area contributed by atoms with Crippen molar-refractivity contribution >= 4 is 38.6 Å². The van der Waals surface area contributed by atoms with Gasteiger partial charge in [-0.15, -0.1) is 0 Å². The van der Waals surface area contributed by atoms with E-state index in [0.29, 0.717) is 31.2 Å². The van der Waals surface area contributed by atoms with E-state index in [-0.39, 0.29) is 18.1 Å². The number of anilines is 1. The van der Waals surface area contributed by atoms with Crippen LogP contribution in [0.3, 0.4) is 0 Å². The molecule has 0 fully saturated rings. The Balaban J connectivity index is 1.52. The predicted molar refractivity (Wildman–Crippen MR) is 118 cm³/mol. The normalized spacial score (nSPS) is 20.1. The number of fused-ring (bicyclic) bond motifs is 4. The van der Waals surface area contributed by atoms with Crippen molar-refractivity contribution in [1.82, 2.24) is 9.88 Å². The summed E-state index contributed by atoms with van der Waals surface area (Å²) in [4.78, 5) is 19.7. The van der Waals surface area contributed by atoms with E-state index >= 15 is 0 Å². The van der Waals surface area contributed by atoms with Crippen LogP contribution < -0.4 is 5.73 Å². The van der Waals surface area contributed by atoms with Gasteiger partial charge in [-0.2, -0.15) is 0 Å². The largest absolute Gasteiger partial charge is 0.383 e. The van der Waals surface area contributed by atoms with Crippen molar-refractivity contribution in [2.24, 2.45) is 0 Å². The molecule has 30 heavy (non-hydrogen) atoms. The van der Waals surface area contributed by atoms with Crippen LogP contribution in [-0.4, -0.2) is 29.4 Å². The van der Waals surface area contributed by atoms with E-state index in [0.717, 1.165) is 37.6 Å². The van der Waals surface area contributed by atoms with Crippen molar-refractivity contribution in [3.05, 3.63) is 68.7 Å². The minimum absolute atomic E-state index is 0.0567. The number of benzene rings is 2. The molecule has 0 aliphatic carbocycles. The molecule has 0 saturated carbocycles. The first-order chi connectivity index (χ1) is 14.4. The first-order valence-corrected chi connectivity index (χ1v) is 10.7. The van der Waals surface area contributed by atoms with Gasteiger partial charge in [0.15, 0.2) is 0 Å². The molecule has 0 bridgehead atoms. The molecular formula is C23H22BrN3O3. The Morgan fingerprint density at radius 3 is 2.90 bits per heavy atom. The molecule has 2 aromatic carbocycles. The molecule has 0 saturated heterocycles.